The summed E-state index contributed by atoms with van der Waals surface area (Å²) < 4.78 is 1.62. The zero-order valence-electron chi connectivity index (χ0n) is 10.6. The molecule has 0 radical (unpaired) electrons. The van der Waals surface area contributed by atoms with Crippen LogP contribution in [0.2, 0.25) is 0 Å². The van der Waals surface area contributed by atoms with Crippen molar-refractivity contribution in [2.24, 2.45) is 0 Å². The number of rotatable bonds is 1. The summed E-state index contributed by atoms with van der Waals surface area (Å²) in [6, 6.07) is 9.91. The predicted molar refractivity (Wildman–Crippen MR) is 81.3 cm³/mol. The molecule has 2 rings (SSSR count). The normalized spacial score (nSPS) is 11.6. The van der Waals surface area contributed by atoms with Crippen molar-refractivity contribution in [3.63, 3.8) is 0 Å². The average Bonchev–Trinajstić information content (AvgIpc) is 2.27. The largest absolute Gasteiger partial charge is 0.343 e. The minimum absolute atomic E-state index is 0.0203. The summed E-state index contributed by atoms with van der Waals surface area (Å²) in [6.07, 6.45) is 0. The van der Waals surface area contributed by atoms with Gasteiger partial charge in [-0.05, 0) is 12.1 Å². The quantitative estimate of drug-likeness (QED) is 0.759. The average molecular weight is 323 g/mol. The van der Waals surface area contributed by atoms with Crippen LogP contribution < -0.4 is 0 Å². The van der Waals surface area contributed by atoms with Crippen LogP contribution in [0.25, 0.3) is 11.4 Å². The van der Waals surface area contributed by atoms with E-state index in [9.17, 15) is 0 Å². The molecule has 0 saturated heterocycles. The predicted octanol–water partition coefficient (Wildman–Crippen LogP) is 4.87. The number of aromatic amines is 1. The Hall–Kier alpha value is -1.000. The fourth-order valence-electron chi connectivity index (χ4n) is 1.64. The SMILES string of the molecule is CC(C)(C)c1cc(=S)nc(-c2ccccc2Br)[nH]1. The first-order chi connectivity index (χ1) is 8.38. The van der Waals surface area contributed by atoms with Crippen LogP contribution in [0, 0.1) is 4.64 Å². The van der Waals surface area contributed by atoms with Gasteiger partial charge in [0.2, 0.25) is 0 Å². The summed E-state index contributed by atoms with van der Waals surface area (Å²) in [6.45, 7) is 6.45. The molecule has 0 unspecified atom stereocenters. The van der Waals surface area contributed by atoms with Gasteiger partial charge in [-0.25, -0.2) is 4.98 Å². The number of halogens is 1. The molecule has 0 amide bonds. The summed E-state index contributed by atoms with van der Waals surface area (Å²) >= 11 is 8.79. The van der Waals surface area contributed by atoms with Crippen molar-refractivity contribution in [1.82, 2.24) is 9.97 Å². The molecule has 1 heterocycles. The van der Waals surface area contributed by atoms with Crippen LogP contribution in [-0.2, 0) is 5.41 Å². The summed E-state index contributed by atoms with van der Waals surface area (Å²) in [7, 11) is 0. The first-order valence-electron chi connectivity index (χ1n) is 5.75. The molecule has 1 aromatic carbocycles. The second-order valence-corrected chi connectivity index (χ2v) is 6.48. The van der Waals surface area contributed by atoms with E-state index in [2.05, 4.69) is 46.7 Å². The van der Waals surface area contributed by atoms with E-state index in [1.807, 2.05) is 30.3 Å². The first kappa shape index (κ1) is 13.4. The van der Waals surface area contributed by atoms with Crippen LogP contribution in [0.15, 0.2) is 34.8 Å². The number of hydrogen-bond acceptors (Lipinski definition) is 2. The lowest BCUT2D eigenvalue weighted by molar-refractivity contribution is 0.567. The van der Waals surface area contributed by atoms with Gasteiger partial charge in [0.15, 0.2) is 0 Å². The van der Waals surface area contributed by atoms with Gasteiger partial charge < -0.3 is 4.98 Å². The van der Waals surface area contributed by atoms with Gasteiger partial charge in [0.25, 0.3) is 0 Å². The number of aromatic nitrogens is 2. The molecule has 0 spiro atoms. The van der Waals surface area contributed by atoms with Crippen molar-refractivity contribution in [3.05, 3.63) is 45.1 Å². The van der Waals surface area contributed by atoms with Gasteiger partial charge in [0.05, 0.1) is 0 Å². The van der Waals surface area contributed by atoms with Crippen molar-refractivity contribution in [3.8, 4) is 11.4 Å². The molecule has 0 aliphatic carbocycles. The lowest BCUT2D eigenvalue weighted by atomic mass is 9.92. The maximum Gasteiger partial charge on any atom is 0.140 e. The van der Waals surface area contributed by atoms with E-state index in [1.54, 1.807) is 0 Å². The van der Waals surface area contributed by atoms with Crippen molar-refractivity contribution < 1.29 is 0 Å². The smallest absolute Gasteiger partial charge is 0.140 e. The van der Waals surface area contributed by atoms with Gasteiger partial charge >= 0.3 is 0 Å². The molecular weight excluding hydrogens is 308 g/mol. The Morgan fingerprint density at radius 1 is 1.22 bits per heavy atom. The maximum absolute atomic E-state index is 5.25. The fourth-order valence-corrected chi connectivity index (χ4v) is 2.32. The third kappa shape index (κ3) is 2.87. The second kappa shape index (κ2) is 4.94. The molecule has 0 aliphatic rings. The number of hydrogen-bond donors (Lipinski definition) is 1. The number of benzene rings is 1. The highest BCUT2D eigenvalue weighted by atomic mass is 79.9. The molecule has 0 atom stereocenters. The van der Waals surface area contributed by atoms with E-state index in [4.69, 9.17) is 12.2 Å². The molecular formula is C14H15BrN2S. The van der Waals surface area contributed by atoms with Crippen LogP contribution in [0.4, 0.5) is 0 Å². The molecule has 18 heavy (non-hydrogen) atoms. The van der Waals surface area contributed by atoms with E-state index in [1.165, 1.54) is 0 Å². The number of H-pyrrole nitrogens is 1. The van der Waals surface area contributed by atoms with Gasteiger partial charge in [0.1, 0.15) is 10.5 Å². The van der Waals surface area contributed by atoms with Crippen molar-refractivity contribution in [2.75, 3.05) is 0 Å². The standard InChI is InChI=1S/C14H15BrN2S/c1-14(2,3)11-8-12(18)17-13(16-11)9-6-4-5-7-10(9)15/h4-8H,1-3H3,(H,16,17,18). The Kier molecular flexibility index (Phi) is 3.69. The summed E-state index contributed by atoms with van der Waals surface area (Å²) in [5.41, 5.74) is 2.13. The summed E-state index contributed by atoms with van der Waals surface area (Å²) in [5, 5.41) is 0. The Morgan fingerprint density at radius 3 is 2.50 bits per heavy atom. The Labute approximate surface area is 121 Å². The van der Waals surface area contributed by atoms with E-state index in [0.717, 1.165) is 21.6 Å². The summed E-state index contributed by atoms with van der Waals surface area (Å²) in [4.78, 5) is 7.78. The summed E-state index contributed by atoms with van der Waals surface area (Å²) in [5.74, 6) is 0.805. The lowest BCUT2D eigenvalue weighted by Crippen LogP contribution is -2.14. The van der Waals surface area contributed by atoms with Gasteiger partial charge in [-0.15, -0.1) is 0 Å². The molecule has 0 bridgehead atoms. The van der Waals surface area contributed by atoms with E-state index >= 15 is 0 Å². The fraction of sp³-hybridized carbons (Fsp3) is 0.286. The van der Waals surface area contributed by atoms with Gasteiger partial charge in [0, 0.05) is 21.1 Å². The van der Waals surface area contributed by atoms with E-state index < -0.39 is 0 Å². The second-order valence-electron chi connectivity index (χ2n) is 5.21. The molecule has 2 nitrogen and oxygen atoms in total. The topological polar surface area (TPSA) is 28.7 Å². The monoisotopic (exact) mass is 322 g/mol. The van der Waals surface area contributed by atoms with E-state index in [-0.39, 0.29) is 5.41 Å². The van der Waals surface area contributed by atoms with Crippen molar-refractivity contribution >= 4 is 28.1 Å². The van der Waals surface area contributed by atoms with Crippen LogP contribution in [-0.4, -0.2) is 9.97 Å². The number of nitrogens with one attached hydrogen (secondary N) is 1. The molecule has 0 saturated carbocycles. The van der Waals surface area contributed by atoms with Gasteiger partial charge in [-0.3, -0.25) is 0 Å². The van der Waals surface area contributed by atoms with Gasteiger partial charge in [-0.2, -0.15) is 0 Å². The Bertz CT molecular complexity index is 626. The zero-order valence-corrected chi connectivity index (χ0v) is 13.0. The minimum atomic E-state index is 0.0203. The van der Waals surface area contributed by atoms with E-state index in [0.29, 0.717) is 4.64 Å². The minimum Gasteiger partial charge on any atom is -0.343 e. The number of nitrogens with zero attached hydrogens (tertiary/aromatic N) is 1. The maximum atomic E-state index is 5.25. The molecule has 1 aromatic heterocycles. The van der Waals surface area contributed by atoms with Gasteiger partial charge in [-0.1, -0.05) is 67.1 Å². The van der Waals surface area contributed by atoms with Crippen LogP contribution in [0.1, 0.15) is 26.5 Å². The molecule has 0 fully saturated rings. The zero-order chi connectivity index (χ0) is 13.3. The highest BCUT2D eigenvalue weighted by Gasteiger charge is 2.16. The van der Waals surface area contributed by atoms with Crippen LogP contribution in [0.3, 0.4) is 0 Å². The molecule has 2 aromatic rings. The Balaban J connectivity index is 2.63. The molecule has 0 aliphatic heterocycles. The third-order valence-corrected chi connectivity index (χ3v) is 3.58. The van der Waals surface area contributed by atoms with Crippen molar-refractivity contribution in [2.45, 2.75) is 26.2 Å². The first-order valence-corrected chi connectivity index (χ1v) is 6.95. The van der Waals surface area contributed by atoms with Crippen LogP contribution >= 0.6 is 28.1 Å². The van der Waals surface area contributed by atoms with Crippen molar-refractivity contribution in [1.29, 1.82) is 0 Å². The highest BCUT2D eigenvalue weighted by molar-refractivity contribution is 9.10. The Morgan fingerprint density at radius 2 is 1.89 bits per heavy atom. The molecule has 1 N–H and O–H groups in total. The van der Waals surface area contributed by atoms with Crippen LogP contribution in [0.5, 0.6) is 0 Å². The lowest BCUT2D eigenvalue weighted by Gasteiger charge is -2.19. The molecule has 94 valence electrons. The highest BCUT2D eigenvalue weighted by Crippen LogP contribution is 2.27. The third-order valence-electron chi connectivity index (χ3n) is 2.68. The molecule has 4 heteroatoms.